The van der Waals surface area contributed by atoms with Crippen molar-refractivity contribution in [2.24, 2.45) is 23.2 Å². The second-order valence-corrected chi connectivity index (χ2v) is 5.42. The average molecular weight is 164 g/mol. The van der Waals surface area contributed by atoms with Crippen LogP contribution in [0.1, 0.15) is 40.0 Å². The molecule has 3 unspecified atom stereocenters. The molecule has 0 aromatic carbocycles. The molecule has 3 atom stereocenters. The maximum Gasteiger partial charge on any atom is -0.0126 e. The normalized spacial score (nSPS) is 43.4. The standard InChI is InChI=1S/C12H20/c1-8(2)11-9-5-6-10(7-9)12(11,3)4/h9-11H,1,5-7H2,2-4H3. The lowest BCUT2D eigenvalue weighted by molar-refractivity contribution is 0.150. The zero-order valence-electron chi connectivity index (χ0n) is 8.56. The highest BCUT2D eigenvalue weighted by Gasteiger charge is 2.52. The van der Waals surface area contributed by atoms with Crippen molar-refractivity contribution >= 4 is 0 Å². The zero-order chi connectivity index (χ0) is 8.93. The van der Waals surface area contributed by atoms with Gasteiger partial charge in [0.05, 0.1) is 0 Å². The quantitative estimate of drug-likeness (QED) is 0.519. The van der Waals surface area contributed by atoms with Gasteiger partial charge in [-0.3, -0.25) is 0 Å². The Balaban J connectivity index is 2.29. The van der Waals surface area contributed by atoms with Gasteiger partial charge in [-0.25, -0.2) is 0 Å². The maximum atomic E-state index is 4.15. The van der Waals surface area contributed by atoms with Crippen molar-refractivity contribution < 1.29 is 0 Å². The van der Waals surface area contributed by atoms with Crippen LogP contribution in [0.4, 0.5) is 0 Å². The summed E-state index contributed by atoms with van der Waals surface area (Å²) in [6.45, 7) is 11.2. The summed E-state index contributed by atoms with van der Waals surface area (Å²) in [7, 11) is 0. The van der Waals surface area contributed by atoms with E-state index < -0.39 is 0 Å². The maximum absolute atomic E-state index is 4.15. The van der Waals surface area contributed by atoms with Gasteiger partial charge in [0.2, 0.25) is 0 Å². The number of fused-ring (bicyclic) bond motifs is 2. The Hall–Kier alpha value is -0.260. The number of hydrogen-bond donors (Lipinski definition) is 0. The third-order valence-corrected chi connectivity index (χ3v) is 4.33. The van der Waals surface area contributed by atoms with E-state index in [0.717, 1.165) is 17.8 Å². The van der Waals surface area contributed by atoms with Crippen LogP contribution in [0, 0.1) is 23.2 Å². The summed E-state index contributed by atoms with van der Waals surface area (Å²) in [6.07, 6.45) is 4.41. The monoisotopic (exact) mass is 164 g/mol. The molecule has 0 aromatic heterocycles. The van der Waals surface area contributed by atoms with Crippen molar-refractivity contribution in [2.45, 2.75) is 40.0 Å². The molecule has 12 heavy (non-hydrogen) atoms. The van der Waals surface area contributed by atoms with Crippen molar-refractivity contribution in [1.82, 2.24) is 0 Å². The molecular weight excluding hydrogens is 144 g/mol. The van der Waals surface area contributed by atoms with Crippen LogP contribution in [0.5, 0.6) is 0 Å². The van der Waals surface area contributed by atoms with Crippen LogP contribution in [0.3, 0.4) is 0 Å². The van der Waals surface area contributed by atoms with Gasteiger partial charge >= 0.3 is 0 Å². The van der Waals surface area contributed by atoms with Crippen molar-refractivity contribution in [3.05, 3.63) is 12.2 Å². The lowest BCUT2D eigenvalue weighted by Crippen LogP contribution is -2.31. The molecule has 2 rings (SSSR count). The first-order valence-corrected chi connectivity index (χ1v) is 5.19. The van der Waals surface area contributed by atoms with Crippen molar-refractivity contribution in [3.8, 4) is 0 Å². The van der Waals surface area contributed by atoms with Gasteiger partial charge in [0.25, 0.3) is 0 Å². The van der Waals surface area contributed by atoms with E-state index in [4.69, 9.17) is 0 Å². The van der Waals surface area contributed by atoms with Gasteiger partial charge in [-0.15, -0.1) is 0 Å². The van der Waals surface area contributed by atoms with E-state index in [1.807, 2.05) is 0 Å². The molecule has 0 radical (unpaired) electrons. The Kier molecular flexibility index (Phi) is 1.65. The minimum atomic E-state index is 0.550. The summed E-state index contributed by atoms with van der Waals surface area (Å²) in [4.78, 5) is 0. The van der Waals surface area contributed by atoms with Gasteiger partial charge in [-0.05, 0) is 49.4 Å². The molecule has 0 heterocycles. The van der Waals surface area contributed by atoms with E-state index in [-0.39, 0.29) is 0 Å². The van der Waals surface area contributed by atoms with E-state index in [1.165, 1.54) is 24.8 Å². The fourth-order valence-electron chi connectivity index (χ4n) is 3.89. The molecule has 0 aliphatic heterocycles. The highest BCUT2D eigenvalue weighted by atomic mass is 14.6. The summed E-state index contributed by atoms with van der Waals surface area (Å²) in [5.74, 6) is 2.78. The minimum absolute atomic E-state index is 0.550. The fraction of sp³-hybridized carbons (Fsp3) is 0.833. The highest BCUT2D eigenvalue weighted by Crippen LogP contribution is 2.61. The largest absolute Gasteiger partial charge is 0.0998 e. The van der Waals surface area contributed by atoms with Gasteiger partial charge in [-0.1, -0.05) is 26.0 Å². The third kappa shape index (κ3) is 0.901. The molecule has 2 fully saturated rings. The predicted molar refractivity (Wildman–Crippen MR) is 52.9 cm³/mol. The lowest BCUT2D eigenvalue weighted by Gasteiger charge is -2.38. The predicted octanol–water partition coefficient (Wildman–Crippen LogP) is 3.63. The van der Waals surface area contributed by atoms with Crippen LogP contribution in [0.25, 0.3) is 0 Å². The van der Waals surface area contributed by atoms with E-state index >= 15 is 0 Å². The Morgan fingerprint density at radius 3 is 2.33 bits per heavy atom. The van der Waals surface area contributed by atoms with Crippen LogP contribution >= 0.6 is 0 Å². The molecule has 2 bridgehead atoms. The summed E-state index contributed by atoms with van der Waals surface area (Å²) in [5, 5.41) is 0. The molecule has 68 valence electrons. The van der Waals surface area contributed by atoms with Gasteiger partial charge in [0, 0.05) is 0 Å². The van der Waals surface area contributed by atoms with Crippen molar-refractivity contribution in [1.29, 1.82) is 0 Å². The van der Waals surface area contributed by atoms with Crippen molar-refractivity contribution in [2.75, 3.05) is 0 Å². The first kappa shape index (κ1) is 8.34. The van der Waals surface area contributed by atoms with Gasteiger partial charge in [-0.2, -0.15) is 0 Å². The third-order valence-electron chi connectivity index (χ3n) is 4.33. The summed E-state index contributed by atoms with van der Waals surface area (Å²) in [5.41, 5.74) is 1.97. The smallest absolute Gasteiger partial charge is 0.0126 e. The molecule has 2 aliphatic carbocycles. The van der Waals surface area contributed by atoms with Crippen LogP contribution in [0.2, 0.25) is 0 Å². The first-order chi connectivity index (χ1) is 5.53. The number of rotatable bonds is 1. The number of hydrogen-bond acceptors (Lipinski definition) is 0. The molecule has 0 aromatic rings. The molecule has 0 spiro atoms. The molecule has 0 saturated heterocycles. The summed E-state index contributed by atoms with van der Waals surface area (Å²) < 4.78 is 0. The van der Waals surface area contributed by atoms with Crippen LogP contribution in [-0.2, 0) is 0 Å². The second-order valence-electron chi connectivity index (χ2n) is 5.42. The molecule has 0 nitrogen and oxygen atoms in total. The molecule has 2 aliphatic rings. The highest BCUT2D eigenvalue weighted by molar-refractivity contribution is 5.13. The summed E-state index contributed by atoms with van der Waals surface area (Å²) >= 11 is 0. The summed E-state index contributed by atoms with van der Waals surface area (Å²) in [6, 6.07) is 0. The topological polar surface area (TPSA) is 0 Å². The molecule has 0 heteroatoms. The Morgan fingerprint density at radius 2 is 2.00 bits per heavy atom. The number of allylic oxidation sites excluding steroid dienone is 1. The van der Waals surface area contributed by atoms with Gasteiger partial charge in [0.15, 0.2) is 0 Å². The van der Waals surface area contributed by atoms with Crippen molar-refractivity contribution in [3.63, 3.8) is 0 Å². The Labute approximate surface area is 76.1 Å². The fourth-order valence-corrected chi connectivity index (χ4v) is 3.89. The van der Waals surface area contributed by atoms with E-state index in [9.17, 15) is 0 Å². The van der Waals surface area contributed by atoms with Crippen LogP contribution < -0.4 is 0 Å². The molecular formula is C12H20. The van der Waals surface area contributed by atoms with Gasteiger partial charge < -0.3 is 0 Å². The van der Waals surface area contributed by atoms with E-state index in [1.54, 1.807) is 0 Å². The lowest BCUT2D eigenvalue weighted by atomic mass is 9.66. The minimum Gasteiger partial charge on any atom is -0.0998 e. The Morgan fingerprint density at radius 1 is 1.33 bits per heavy atom. The molecule has 0 amide bonds. The van der Waals surface area contributed by atoms with Crippen LogP contribution in [0.15, 0.2) is 12.2 Å². The van der Waals surface area contributed by atoms with E-state index in [2.05, 4.69) is 27.4 Å². The molecule has 2 saturated carbocycles. The SMILES string of the molecule is C=C(C)C1C2CCC(C2)C1(C)C. The average Bonchev–Trinajstić information content (AvgIpc) is 2.41. The first-order valence-electron chi connectivity index (χ1n) is 5.19. The molecule has 0 N–H and O–H groups in total. The van der Waals surface area contributed by atoms with Crippen LogP contribution in [-0.4, -0.2) is 0 Å². The second kappa shape index (κ2) is 2.37. The van der Waals surface area contributed by atoms with Gasteiger partial charge in [0.1, 0.15) is 0 Å². The zero-order valence-corrected chi connectivity index (χ0v) is 8.56. The Bertz CT molecular complexity index is 212. The van der Waals surface area contributed by atoms with E-state index in [0.29, 0.717) is 5.41 Å².